The monoisotopic (exact) mass is 568 g/mol. The summed E-state index contributed by atoms with van der Waals surface area (Å²) >= 11 is 0. The van der Waals surface area contributed by atoms with Crippen molar-refractivity contribution in [1.82, 2.24) is 10.6 Å². The molecule has 2 atom stereocenters. The van der Waals surface area contributed by atoms with E-state index in [4.69, 9.17) is 15.2 Å². The maximum absolute atomic E-state index is 13.6. The molecule has 2 rings (SSSR count). The van der Waals surface area contributed by atoms with Gasteiger partial charge in [-0.15, -0.1) is 0 Å². The Morgan fingerprint density at radius 2 is 1.56 bits per heavy atom. The van der Waals surface area contributed by atoms with Crippen molar-refractivity contribution >= 4 is 29.4 Å². The number of unbranched alkanes of at least 4 members (excludes halogenated alkanes) is 1. The Hall–Kier alpha value is -3.76. The van der Waals surface area contributed by atoms with Crippen molar-refractivity contribution in [3.05, 3.63) is 65.7 Å². The molecule has 3 amide bonds. The van der Waals surface area contributed by atoms with Crippen LogP contribution in [0.4, 0.5) is 5.69 Å². The van der Waals surface area contributed by atoms with Gasteiger partial charge in [0, 0.05) is 38.2 Å². The van der Waals surface area contributed by atoms with Crippen LogP contribution in [0.5, 0.6) is 0 Å². The highest BCUT2D eigenvalue weighted by molar-refractivity contribution is 5.98. The van der Waals surface area contributed by atoms with Gasteiger partial charge in [0.05, 0.1) is 0 Å². The molecule has 41 heavy (non-hydrogen) atoms. The van der Waals surface area contributed by atoms with Crippen molar-refractivity contribution in [2.45, 2.75) is 71.6 Å². The van der Waals surface area contributed by atoms with Crippen LogP contribution in [0.1, 0.15) is 57.6 Å². The fourth-order valence-electron chi connectivity index (χ4n) is 4.02. The van der Waals surface area contributed by atoms with Gasteiger partial charge in [-0.25, -0.2) is 0 Å². The summed E-state index contributed by atoms with van der Waals surface area (Å²) in [5, 5.41) is 8.63. The van der Waals surface area contributed by atoms with E-state index in [9.17, 15) is 19.2 Å². The number of carbonyl (C=O) groups is 4. The molecular weight excluding hydrogens is 524 g/mol. The molecule has 2 aromatic rings. The highest BCUT2D eigenvalue weighted by Crippen LogP contribution is 2.21. The van der Waals surface area contributed by atoms with E-state index < -0.39 is 23.4 Å². The number of nitrogens with one attached hydrogen (secondary N) is 3. The lowest BCUT2D eigenvalue weighted by molar-refractivity contribution is -0.142. The predicted molar refractivity (Wildman–Crippen MR) is 158 cm³/mol. The van der Waals surface area contributed by atoms with Gasteiger partial charge in [-0.3, -0.25) is 19.2 Å². The largest absolute Gasteiger partial charge is 0.461 e. The lowest BCUT2D eigenvalue weighted by Crippen LogP contribution is -2.55. The zero-order valence-electron chi connectivity index (χ0n) is 24.5. The quantitative estimate of drug-likeness (QED) is 0.169. The van der Waals surface area contributed by atoms with Crippen LogP contribution in [0, 0.1) is 5.41 Å². The molecule has 0 heterocycles. The van der Waals surface area contributed by atoms with Crippen LogP contribution in [0.25, 0.3) is 0 Å². The first-order valence-corrected chi connectivity index (χ1v) is 13.9. The van der Waals surface area contributed by atoms with Gasteiger partial charge in [0.15, 0.2) is 0 Å². The summed E-state index contributed by atoms with van der Waals surface area (Å²) in [7, 11) is 1.58. The Kier molecular flexibility index (Phi) is 14.0. The van der Waals surface area contributed by atoms with Crippen molar-refractivity contribution in [1.29, 1.82) is 0 Å². The topological polar surface area (TPSA) is 149 Å². The Morgan fingerprint density at radius 3 is 2.17 bits per heavy atom. The maximum atomic E-state index is 13.6. The molecule has 0 fully saturated rings. The van der Waals surface area contributed by atoms with Crippen molar-refractivity contribution in [3.8, 4) is 0 Å². The van der Waals surface area contributed by atoms with Crippen LogP contribution in [-0.2, 0) is 41.7 Å². The lowest BCUT2D eigenvalue weighted by atomic mass is 9.88. The summed E-state index contributed by atoms with van der Waals surface area (Å²) in [5.74, 6) is -1.48. The Morgan fingerprint density at radius 1 is 0.878 bits per heavy atom. The first kappa shape index (κ1) is 33.4. The molecule has 0 saturated carbocycles. The molecule has 5 N–H and O–H groups in total. The molecule has 0 saturated heterocycles. The zero-order chi connectivity index (χ0) is 30.3. The number of amides is 3. The summed E-state index contributed by atoms with van der Waals surface area (Å²) in [5.41, 5.74) is 7.09. The van der Waals surface area contributed by atoms with E-state index in [0.717, 1.165) is 11.1 Å². The van der Waals surface area contributed by atoms with Crippen LogP contribution in [0.2, 0.25) is 0 Å². The third-order valence-electron chi connectivity index (χ3n) is 6.69. The average Bonchev–Trinajstić information content (AvgIpc) is 2.95. The molecule has 0 aliphatic heterocycles. The molecule has 0 aromatic heterocycles. The second-order valence-corrected chi connectivity index (χ2v) is 10.7. The number of methoxy groups -OCH3 is 1. The van der Waals surface area contributed by atoms with Crippen LogP contribution in [0.3, 0.4) is 0 Å². The average molecular weight is 569 g/mol. The van der Waals surface area contributed by atoms with Gasteiger partial charge in [-0.05, 0) is 55.5 Å². The molecular formula is C31H44N4O6. The highest BCUT2D eigenvalue weighted by Gasteiger charge is 2.32. The SMILES string of the molecule is COCCC(C)(C)C(=O)N[C@@H](Cc1ccccc1)C(=O)NC(CCCCN)C(=O)Nc1ccc(COC(C)=O)cc1. The second-order valence-electron chi connectivity index (χ2n) is 10.7. The van der Waals surface area contributed by atoms with Gasteiger partial charge in [0.25, 0.3) is 0 Å². The minimum atomic E-state index is -0.892. The minimum Gasteiger partial charge on any atom is -0.461 e. The summed E-state index contributed by atoms with van der Waals surface area (Å²) in [6, 6.07) is 14.6. The summed E-state index contributed by atoms with van der Waals surface area (Å²) in [4.78, 5) is 51.1. The Balaban J connectivity index is 2.19. The van der Waals surface area contributed by atoms with Crippen molar-refractivity contribution in [2.75, 3.05) is 25.6 Å². The molecule has 0 radical (unpaired) electrons. The second kappa shape index (κ2) is 17.1. The van der Waals surface area contributed by atoms with Crippen molar-refractivity contribution in [3.63, 3.8) is 0 Å². The summed E-state index contributed by atoms with van der Waals surface area (Å²) in [6.07, 6.45) is 2.46. The molecule has 2 aromatic carbocycles. The maximum Gasteiger partial charge on any atom is 0.302 e. The fourth-order valence-corrected chi connectivity index (χ4v) is 4.02. The highest BCUT2D eigenvalue weighted by atomic mass is 16.5. The minimum absolute atomic E-state index is 0.137. The number of anilines is 1. The van der Waals surface area contributed by atoms with Gasteiger partial charge in [0.1, 0.15) is 18.7 Å². The fraction of sp³-hybridized carbons (Fsp3) is 0.484. The number of nitrogens with two attached hydrogens (primary N) is 1. The van der Waals surface area contributed by atoms with E-state index in [1.165, 1.54) is 6.92 Å². The molecule has 224 valence electrons. The van der Waals surface area contributed by atoms with Crippen LogP contribution in [0.15, 0.2) is 54.6 Å². The Labute approximate surface area is 242 Å². The number of esters is 1. The number of benzene rings is 2. The third kappa shape index (κ3) is 12.1. The summed E-state index contributed by atoms with van der Waals surface area (Å²) < 4.78 is 10.1. The van der Waals surface area contributed by atoms with Gasteiger partial charge in [-0.2, -0.15) is 0 Å². The number of ether oxygens (including phenoxy) is 2. The number of rotatable bonds is 17. The van der Waals surface area contributed by atoms with Crippen LogP contribution in [-0.4, -0.2) is 56.0 Å². The molecule has 0 aliphatic rings. The van der Waals surface area contributed by atoms with E-state index >= 15 is 0 Å². The van der Waals surface area contributed by atoms with Gasteiger partial charge < -0.3 is 31.2 Å². The number of carbonyl (C=O) groups excluding carboxylic acids is 4. The van der Waals surface area contributed by atoms with E-state index in [-0.39, 0.29) is 30.8 Å². The van der Waals surface area contributed by atoms with Crippen molar-refractivity contribution < 1.29 is 28.7 Å². The molecule has 10 heteroatoms. The molecule has 0 bridgehead atoms. The molecule has 0 spiro atoms. The lowest BCUT2D eigenvalue weighted by Gasteiger charge is -2.28. The predicted octanol–water partition coefficient (Wildman–Crippen LogP) is 3.09. The Bertz CT molecular complexity index is 1120. The molecule has 0 aliphatic carbocycles. The van der Waals surface area contributed by atoms with E-state index in [1.54, 1.807) is 45.2 Å². The van der Waals surface area contributed by atoms with Gasteiger partial charge in [0.2, 0.25) is 17.7 Å². The van der Waals surface area contributed by atoms with Gasteiger partial charge >= 0.3 is 5.97 Å². The summed E-state index contributed by atoms with van der Waals surface area (Å²) in [6.45, 7) is 5.96. The van der Waals surface area contributed by atoms with E-state index in [0.29, 0.717) is 44.5 Å². The number of hydrogen-bond donors (Lipinski definition) is 4. The third-order valence-corrected chi connectivity index (χ3v) is 6.69. The van der Waals surface area contributed by atoms with Gasteiger partial charge in [-0.1, -0.05) is 56.3 Å². The smallest absolute Gasteiger partial charge is 0.302 e. The van der Waals surface area contributed by atoms with Crippen molar-refractivity contribution in [2.24, 2.45) is 11.1 Å². The van der Waals surface area contributed by atoms with E-state index in [2.05, 4.69) is 16.0 Å². The van der Waals surface area contributed by atoms with Crippen LogP contribution >= 0.6 is 0 Å². The standard InChI is InChI=1S/C31H44N4O6/c1-22(36)41-21-24-13-15-25(16-14-24)33-28(37)26(12-8-9-18-32)34-29(38)27(20-23-10-6-5-7-11-23)35-30(39)31(2,3)17-19-40-4/h5-7,10-11,13-16,26-27H,8-9,12,17-21,32H2,1-4H3,(H,33,37)(H,34,38)(H,35,39)/t26?,27-/m0/s1. The first-order chi connectivity index (χ1) is 19.6. The number of hydrogen-bond acceptors (Lipinski definition) is 7. The first-order valence-electron chi connectivity index (χ1n) is 13.9. The normalized spacial score (nSPS) is 12.6. The molecule has 1 unspecified atom stereocenters. The molecule has 10 nitrogen and oxygen atoms in total. The zero-order valence-corrected chi connectivity index (χ0v) is 24.5. The van der Waals surface area contributed by atoms with Crippen LogP contribution < -0.4 is 21.7 Å². The van der Waals surface area contributed by atoms with E-state index in [1.807, 2.05) is 30.3 Å².